The first-order valence-corrected chi connectivity index (χ1v) is 8.18. The van der Waals surface area contributed by atoms with Gasteiger partial charge in [0, 0.05) is 12.3 Å². The number of benzene rings is 1. The quantitative estimate of drug-likeness (QED) is 0.809. The highest BCUT2D eigenvalue weighted by atomic mass is 32.2. The van der Waals surface area contributed by atoms with Crippen molar-refractivity contribution >= 4 is 15.7 Å². The van der Waals surface area contributed by atoms with Crippen LogP contribution in [0, 0.1) is 0 Å². The molecule has 0 atom stereocenters. The first-order chi connectivity index (χ1) is 8.80. The second-order valence-corrected chi connectivity index (χ2v) is 7.20. The average Bonchev–Trinajstić information content (AvgIpc) is 2.28. The molecule has 19 heavy (non-hydrogen) atoms. The largest absolute Gasteiger partial charge is 0.396 e. The van der Waals surface area contributed by atoms with Gasteiger partial charge in [0.25, 0.3) is 0 Å². The molecule has 0 aliphatic heterocycles. The minimum atomic E-state index is -3.23. The highest BCUT2D eigenvalue weighted by Crippen LogP contribution is 2.27. The van der Waals surface area contributed by atoms with Crippen LogP contribution in [0.25, 0.3) is 0 Å². The summed E-state index contributed by atoms with van der Waals surface area (Å²) < 4.78 is 25.8. The van der Waals surface area contributed by atoms with E-state index in [9.17, 15) is 8.42 Å². The van der Waals surface area contributed by atoms with Crippen LogP contribution in [0.15, 0.2) is 24.3 Å². The van der Waals surface area contributed by atoms with Crippen LogP contribution >= 0.6 is 0 Å². The molecule has 0 radical (unpaired) electrons. The van der Waals surface area contributed by atoms with Crippen molar-refractivity contribution in [3.63, 3.8) is 0 Å². The molecule has 0 aromatic heterocycles. The average molecular weight is 285 g/mol. The fourth-order valence-corrected chi connectivity index (χ4v) is 3.05. The molecule has 4 nitrogen and oxygen atoms in total. The van der Waals surface area contributed by atoms with Crippen LogP contribution < -0.4 is 4.72 Å². The van der Waals surface area contributed by atoms with E-state index in [1.54, 1.807) is 12.1 Å². The third-order valence-electron chi connectivity index (χ3n) is 3.15. The molecule has 108 valence electrons. The van der Waals surface area contributed by atoms with Gasteiger partial charge in [-0.25, -0.2) is 8.42 Å². The van der Waals surface area contributed by atoms with Gasteiger partial charge in [-0.3, -0.25) is 4.72 Å². The van der Waals surface area contributed by atoms with Gasteiger partial charge in [-0.15, -0.1) is 0 Å². The van der Waals surface area contributed by atoms with E-state index in [0.717, 1.165) is 5.56 Å². The number of aliphatic hydroxyl groups excluding tert-OH is 1. The summed E-state index contributed by atoms with van der Waals surface area (Å²) in [5.74, 6) is 0.130. The maximum Gasteiger partial charge on any atom is 0.232 e. The second kappa shape index (κ2) is 6.39. The van der Waals surface area contributed by atoms with Crippen molar-refractivity contribution in [1.29, 1.82) is 0 Å². The number of hydrogen-bond donors (Lipinski definition) is 2. The first-order valence-electron chi connectivity index (χ1n) is 6.52. The molecule has 0 heterocycles. The molecule has 1 rings (SSSR count). The van der Waals surface area contributed by atoms with E-state index in [0.29, 0.717) is 18.5 Å². The molecule has 0 aliphatic carbocycles. The number of nitrogens with one attached hydrogen (secondary N) is 1. The SMILES string of the molecule is CCCS(=O)(=O)Nc1ccc(C(C)(C)CCO)cc1. The van der Waals surface area contributed by atoms with E-state index in [1.807, 2.05) is 19.1 Å². The Labute approximate surface area is 115 Å². The lowest BCUT2D eigenvalue weighted by Gasteiger charge is -2.24. The van der Waals surface area contributed by atoms with E-state index in [2.05, 4.69) is 18.6 Å². The Morgan fingerprint density at radius 3 is 2.26 bits per heavy atom. The van der Waals surface area contributed by atoms with E-state index in [-0.39, 0.29) is 17.8 Å². The van der Waals surface area contributed by atoms with Gasteiger partial charge in [0.15, 0.2) is 0 Å². The monoisotopic (exact) mass is 285 g/mol. The number of rotatable bonds is 7. The summed E-state index contributed by atoms with van der Waals surface area (Å²) in [5.41, 5.74) is 1.55. The summed E-state index contributed by atoms with van der Waals surface area (Å²) in [6.07, 6.45) is 1.27. The highest BCUT2D eigenvalue weighted by molar-refractivity contribution is 7.92. The summed E-state index contributed by atoms with van der Waals surface area (Å²) in [6.45, 7) is 6.08. The van der Waals surface area contributed by atoms with Crippen LogP contribution in [0.4, 0.5) is 5.69 Å². The zero-order chi connectivity index (χ0) is 14.5. The minimum absolute atomic E-state index is 0.116. The van der Waals surface area contributed by atoms with Gasteiger partial charge in [0.05, 0.1) is 5.75 Å². The Morgan fingerprint density at radius 1 is 1.21 bits per heavy atom. The van der Waals surface area contributed by atoms with Crippen LogP contribution in [0.1, 0.15) is 39.2 Å². The van der Waals surface area contributed by atoms with Gasteiger partial charge < -0.3 is 5.11 Å². The zero-order valence-electron chi connectivity index (χ0n) is 11.8. The zero-order valence-corrected chi connectivity index (χ0v) is 12.6. The van der Waals surface area contributed by atoms with Crippen molar-refractivity contribution in [2.75, 3.05) is 17.1 Å². The normalized spacial score (nSPS) is 12.4. The number of aliphatic hydroxyl groups is 1. The van der Waals surface area contributed by atoms with Crippen LogP contribution in [-0.2, 0) is 15.4 Å². The molecular formula is C14H23NO3S. The topological polar surface area (TPSA) is 66.4 Å². The first kappa shape index (κ1) is 16.0. The Hall–Kier alpha value is -1.07. The smallest absolute Gasteiger partial charge is 0.232 e. The molecular weight excluding hydrogens is 262 g/mol. The standard InChI is InChI=1S/C14H23NO3S/c1-4-11-19(17,18)15-13-7-5-12(6-8-13)14(2,3)9-10-16/h5-8,15-16H,4,9-11H2,1-3H3. The summed E-state index contributed by atoms with van der Waals surface area (Å²) in [4.78, 5) is 0. The summed E-state index contributed by atoms with van der Waals surface area (Å²) in [6, 6.07) is 7.34. The van der Waals surface area contributed by atoms with Crippen LogP contribution in [0.5, 0.6) is 0 Å². The molecule has 0 saturated heterocycles. The molecule has 0 saturated carbocycles. The molecule has 0 aliphatic rings. The van der Waals surface area contributed by atoms with Gasteiger partial charge in [-0.1, -0.05) is 32.9 Å². The summed E-state index contributed by atoms with van der Waals surface area (Å²) in [7, 11) is -3.23. The fourth-order valence-electron chi connectivity index (χ4n) is 1.91. The predicted octanol–water partition coefficient (Wildman–Crippen LogP) is 2.50. The predicted molar refractivity (Wildman–Crippen MR) is 78.9 cm³/mol. The lowest BCUT2D eigenvalue weighted by Crippen LogP contribution is -2.19. The van der Waals surface area contributed by atoms with E-state index >= 15 is 0 Å². The summed E-state index contributed by atoms with van der Waals surface area (Å²) >= 11 is 0. The van der Waals surface area contributed by atoms with Crippen LogP contribution in [-0.4, -0.2) is 25.9 Å². The third-order valence-corrected chi connectivity index (χ3v) is 4.64. The van der Waals surface area contributed by atoms with Crippen LogP contribution in [0.2, 0.25) is 0 Å². The van der Waals surface area contributed by atoms with E-state index < -0.39 is 10.0 Å². The number of anilines is 1. The lowest BCUT2D eigenvalue weighted by molar-refractivity contribution is 0.252. The van der Waals surface area contributed by atoms with Crippen molar-refractivity contribution in [3.05, 3.63) is 29.8 Å². The van der Waals surface area contributed by atoms with Gasteiger partial charge in [-0.05, 0) is 36.0 Å². The Balaban J connectivity index is 2.83. The third kappa shape index (κ3) is 4.84. The van der Waals surface area contributed by atoms with E-state index in [4.69, 9.17) is 5.11 Å². The fraction of sp³-hybridized carbons (Fsp3) is 0.571. The molecule has 0 fully saturated rings. The molecule has 0 spiro atoms. The van der Waals surface area contributed by atoms with Gasteiger partial charge >= 0.3 is 0 Å². The summed E-state index contributed by atoms with van der Waals surface area (Å²) in [5, 5.41) is 9.04. The maximum atomic E-state index is 11.6. The molecule has 2 N–H and O–H groups in total. The molecule has 1 aromatic rings. The van der Waals surface area contributed by atoms with Gasteiger partial charge in [-0.2, -0.15) is 0 Å². The molecule has 1 aromatic carbocycles. The number of sulfonamides is 1. The molecule has 0 unspecified atom stereocenters. The van der Waals surface area contributed by atoms with E-state index in [1.165, 1.54) is 0 Å². The maximum absolute atomic E-state index is 11.6. The molecule has 0 amide bonds. The second-order valence-electron chi connectivity index (χ2n) is 5.36. The van der Waals surface area contributed by atoms with Crippen molar-refractivity contribution < 1.29 is 13.5 Å². The van der Waals surface area contributed by atoms with Crippen molar-refractivity contribution in [2.24, 2.45) is 0 Å². The Bertz CT molecular complexity index is 492. The van der Waals surface area contributed by atoms with Gasteiger partial charge in [0.1, 0.15) is 0 Å². The van der Waals surface area contributed by atoms with Crippen molar-refractivity contribution in [1.82, 2.24) is 0 Å². The molecule has 5 heteroatoms. The van der Waals surface area contributed by atoms with Crippen molar-refractivity contribution in [2.45, 2.75) is 39.0 Å². The number of hydrogen-bond acceptors (Lipinski definition) is 3. The molecule has 0 bridgehead atoms. The van der Waals surface area contributed by atoms with Crippen LogP contribution in [0.3, 0.4) is 0 Å². The highest BCUT2D eigenvalue weighted by Gasteiger charge is 2.19. The Kier molecular flexibility index (Phi) is 5.38. The minimum Gasteiger partial charge on any atom is -0.396 e. The Morgan fingerprint density at radius 2 is 1.79 bits per heavy atom. The lowest BCUT2D eigenvalue weighted by atomic mass is 9.82. The van der Waals surface area contributed by atoms with Gasteiger partial charge in [0.2, 0.25) is 10.0 Å². The van der Waals surface area contributed by atoms with Crippen molar-refractivity contribution in [3.8, 4) is 0 Å².